The number of rotatable bonds is 9. The van der Waals surface area contributed by atoms with E-state index in [1.807, 2.05) is 32.8 Å². The van der Waals surface area contributed by atoms with Crippen LogP contribution in [0, 0.1) is 11.8 Å². The van der Waals surface area contributed by atoms with Gasteiger partial charge in [0.2, 0.25) is 0 Å². The van der Waals surface area contributed by atoms with Crippen LogP contribution in [-0.2, 0) is 9.59 Å². The molecule has 0 spiro atoms. The third-order valence-electron chi connectivity index (χ3n) is 3.04. The topological polar surface area (TPSA) is 81.1 Å². The fourth-order valence-electron chi connectivity index (χ4n) is 1.97. The van der Waals surface area contributed by atoms with Crippen molar-refractivity contribution in [2.45, 2.75) is 26.8 Å². The molecule has 0 rings (SSSR count). The summed E-state index contributed by atoms with van der Waals surface area (Å²) in [4.78, 5) is 26.0. The average molecular weight is 274 g/mol. The van der Waals surface area contributed by atoms with Crippen molar-refractivity contribution in [3.8, 4) is 0 Å². The molecule has 0 amide bonds. The largest absolute Gasteiger partial charge is 0.481 e. The Morgan fingerprint density at radius 2 is 1.53 bits per heavy atom. The number of nitrogens with zero attached hydrogens (tertiary/aromatic N) is 2. The Labute approximate surface area is 115 Å². The van der Waals surface area contributed by atoms with Gasteiger partial charge in [-0.25, -0.2) is 0 Å². The zero-order valence-corrected chi connectivity index (χ0v) is 12.5. The van der Waals surface area contributed by atoms with Gasteiger partial charge in [0.25, 0.3) is 0 Å². The van der Waals surface area contributed by atoms with Gasteiger partial charge in [-0.3, -0.25) is 14.5 Å². The number of aliphatic carboxylic acids is 2. The van der Waals surface area contributed by atoms with Crippen LogP contribution in [0.5, 0.6) is 0 Å². The monoisotopic (exact) mass is 274 g/mol. The molecule has 6 heteroatoms. The van der Waals surface area contributed by atoms with E-state index >= 15 is 0 Å². The van der Waals surface area contributed by atoms with E-state index in [0.717, 1.165) is 0 Å². The van der Waals surface area contributed by atoms with E-state index in [2.05, 4.69) is 0 Å². The fraction of sp³-hybridized carbons (Fsp3) is 0.846. The maximum atomic E-state index is 11.4. The molecular formula is C13H26N2O4. The number of hydrogen-bond acceptors (Lipinski definition) is 4. The smallest absolute Gasteiger partial charge is 0.321 e. The molecule has 0 aliphatic heterocycles. The highest BCUT2D eigenvalue weighted by Crippen LogP contribution is 2.14. The van der Waals surface area contributed by atoms with Crippen molar-refractivity contribution >= 4 is 11.9 Å². The summed E-state index contributed by atoms with van der Waals surface area (Å²) in [5.74, 6) is -2.45. The highest BCUT2D eigenvalue weighted by Gasteiger charge is 2.30. The molecule has 0 heterocycles. The fourth-order valence-corrected chi connectivity index (χ4v) is 1.97. The van der Waals surface area contributed by atoms with Gasteiger partial charge >= 0.3 is 11.9 Å². The Bertz CT molecular complexity index is 305. The molecule has 0 aromatic heterocycles. The van der Waals surface area contributed by atoms with Crippen LogP contribution in [0.15, 0.2) is 0 Å². The zero-order chi connectivity index (χ0) is 15.2. The van der Waals surface area contributed by atoms with Crippen molar-refractivity contribution in [1.29, 1.82) is 0 Å². The van der Waals surface area contributed by atoms with Crippen molar-refractivity contribution in [1.82, 2.24) is 9.80 Å². The van der Waals surface area contributed by atoms with Gasteiger partial charge in [-0.1, -0.05) is 20.8 Å². The zero-order valence-electron chi connectivity index (χ0n) is 12.5. The first-order chi connectivity index (χ1) is 8.66. The van der Waals surface area contributed by atoms with Gasteiger partial charge in [-0.2, -0.15) is 0 Å². The normalized spacial score (nSPS) is 14.9. The van der Waals surface area contributed by atoms with Crippen molar-refractivity contribution in [2.75, 3.05) is 33.7 Å². The number of hydrogen-bond donors (Lipinski definition) is 2. The summed E-state index contributed by atoms with van der Waals surface area (Å²) in [6, 6.07) is -0.651. The maximum absolute atomic E-state index is 11.4. The molecule has 2 unspecified atom stereocenters. The van der Waals surface area contributed by atoms with Crippen LogP contribution < -0.4 is 0 Å². The lowest BCUT2D eigenvalue weighted by Gasteiger charge is -2.33. The highest BCUT2D eigenvalue weighted by atomic mass is 16.4. The van der Waals surface area contributed by atoms with Gasteiger partial charge in [0.05, 0.1) is 5.92 Å². The van der Waals surface area contributed by atoms with Crippen LogP contribution >= 0.6 is 0 Å². The second-order valence-electron chi connectivity index (χ2n) is 5.56. The van der Waals surface area contributed by atoms with Gasteiger partial charge in [0.15, 0.2) is 0 Å². The summed E-state index contributed by atoms with van der Waals surface area (Å²) < 4.78 is 0. The molecule has 0 aliphatic carbocycles. The average Bonchev–Trinajstić information content (AvgIpc) is 2.24. The van der Waals surface area contributed by atoms with E-state index in [4.69, 9.17) is 5.11 Å². The summed E-state index contributed by atoms with van der Waals surface area (Å²) in [6.45, 7) is 6.77. The summed E-state index contributed by atoms with van der Waals surface area (Å²) in [6.07, 6.45) is 0. The number of carbonyl (C=O) groups is 2. The lowest BCUT2D eigenvalue weighted by atomic mass is 10.0. The maximum Gasteiger partial charge on any atom is 0.321 e. The van der Waals surface area contributed by atoms with Crippen molar-refractivity contribution in [3.63, 3.8) is 0 Å². The van der Waals surface area contributed by atoms with Crippen LogP contribution in [0.2, 0.25) is 0 Å². The lowest BCUT2D eigenvalue weighted by Crippen LogP contribution is -2.49. The van der Waals surface area contributed by atoms with E-state index in [9.17, 15) is 14.7 Å². The molecule has 0 aromatic carbocycles. The van der Waals surface area contributed by atoms with Crippen molar-refractivity contribution in [3.05, 3.63) is 0 Å². The Hall–Kier alpha value is -1.14. The molecule has 0 bridgehead atoms. The molecule has 0 saturated carbocycles. The second kappa shape index (κ2) is 8.12. The molecule has 112 valence electrons. The molecule has 0 fully saturated rings. The third kappa shape index (κ3) is 6.54. The van der Waals surface area contributed by atoms with Crippen LogP contribution in [0.4, 0.5) is 0 Å². The quantitative estimate of drug-likeness (QED) is 0.643. The van der Waals surface area contributed by atoms with Gasteiger partial charge in [0.1, 0.15) is 6.04 Å². The van der Waals surface area contributed by atoms with Gasteiger partial charge in [0, 0.05) is 19.6 Å². The Balaban J connectivity index is 4.90. The molecule has 19 heavy (non-hydrogen) atoms. The van der Waals surface area contributed by atoms with Gasteiger partial charge in [-0.15, -0.1) is 0 Å². The molecule has 2 N–H and O–H groups in total. The molecule has 6 nitrogen and oxygen atoms in total. The number of likely N-dealkylation sites (N-methyl/N-ethyl adjacent to an activating group) is 1. The van der Waals surface area contributed by atoms with E-state index in [0.29, 0.717) is 13.1 Å². The minimum absolute atomic E-state index is 0.0688. The van der Waals surface area contributed by atoms with E-state index in [-0.39, 0.29) is 12.5 Å². The van der Waals surface area contributed by atoms with E-state index < -0.39 is 23.9 Å². The molecule has 0 saturated heterocycles. The van der Waals surface area contributed by atoms with Gasteiger partial charge < -0.3 is 15.1 Å². The first-order valence-corrected chi connectivity index (χ1v) is 6.51. The summed E-state index contributed by atoms with van der Waals surface area (Å²) in [7, 11) is 3.81. The van der Waals surface area contributed by atoms with Crippen LogP contribution in [0.1, 0.15) is 20.8 Å². The lowest BCUT2D eigenvalue weighted by molar-refractivity contribution is -0.148. The summed E-state index contributed by atoms with van der Waals surface area (Å²) in [5.41, 5.74) is 0. The molecule has 0 radical (unpaired) electrons. The first kappa shape index (κ1) is 17.9. The Morgan fingerprint density at radius 3 is 1.84 bits per heavy atom. The predicted molar refractivity (Wildman–Crippen MR) is 73.2 cm³/mol. The summed E-state index contributed by atoms with van der Waals surface area (Å²) in [5, 5.41) is 18.3. The van der Waals surface area contributed by atoms with Crippen LogP contribution in [0.25, 0.3) is 0 Å². The van der Waals surface area contributed by atoms with Crippen LogP contribution in [-0.4, -0.2) is 71.7 Å². The molecule has 0 aliphatic rings. The Kier molecular flexibility index (Phi) is 7.63. The summed E-state index contributed by atoms with van der Waals surface area (Å²) >= 11 is 0. The molecule has 0 aromatic rings. The standard InChI is InChI=1S/C13H26N2O4/c1-9(2)11(13(18)19)15(7-6-14(4)5)8-10(3)12(16)17/h9-11H,6-8H2,1-5H3,(H,16,17)(H,18,19). The molecular weight excluding hydrogens is 248 g/mol. The van der Waals surface area contributed by atoms with E-state index in [1.165, 1.54) is 0 Å². The van der Waals surface area contributed by atoms with Crippen LogP contribution in [0.3, 0.4) is 0 Å². The molecule has 2 atom stereocenters. The van der Waals surface area contributed by atoms with E-state index in [1.54, 1.807) is 11.8 Å². The number of carboxylic acids is 2. The number of carboxylic acid groups (broad SMARTS) is 2. The van der Waals surface area contributed by atoms with Crippen molar-refractivity contribution in [2.24, 2.45) is 11.8 Å². The predicted octanol–water partition coefficient (Wildman–Crippen LogP) is 0.680. The second-order valence-corrected chi connectivity index (χ2v) is 5.56. The third-order valence-corrected chi connectivity index (χ3v) is 3.04. The van der Waals surface area contributed by atoms with Gasteiger partial charge in [-0.05, 0) is 20.0 Å². The SMILES string of the molecule is CC(CN(CCN(C)C)C(C(=O)O)C(C)C)C(=O)O. The Morgan fingerprint density at radius 1 is 1.00 bits per heavy atom. The minimum atomic E-state index is -0.900. The minimum Gasteiger partial charge on any atom is -0.481 e. The highest BCUT2D eigenvalue weighted by molar-refractivity contribution is 5.74. The first-order valence-electron chi connectivity index (χ1n) is 6.51. The van der Waals surface area contributed by atoms with Crippen molar-refractivity contribution < 1.29 is 19.8 Å².